The molecular formula is C25H29N3O2. The highest BCUT2D eigenvalue weighted by molar-refractivity contribution is 6.13. The predicted molar refractivity (Wildman–Crippen MR) is 120 cm³/mol. The third-order valence-electron chi connectivity index (χ3n) is 6.39. The van der Waals surface area contributed by atoms with E-state index in [2.05, 4.69) is 50.2 Å². The molecule has 1 N–H and O–H groups in total. The number of amides is 3. The van der Waals surface area contributed by atoms with Crippen LogP contribution in [0.15, 0.2) is 48.2 Å². The zero-order valence-corrected chi connectivity index (χ0v) is 18.3. The minimum absolute atomic E-state index is 0.109. The van der Waals surface area contributed by atoms with Crippen LogP contribution in [-0.4, -0.2) is 29.4 Å². The maximum atomic E-state index is 12.8. The van der Waals surface area contributed by atoms with Gasteiger partial charge in [0, 0.05) is 18.3 Å². The summed E-state index contributed by atoms with van der Waals surface area (Å²) in [6.45, 7) is 9.05. The monoisotopic (exact) mass is 403 g/mol. The molecular weight excluding hydrogens is 374 g/mol. The average Bonchev–Trinajstić information content (AvgIpc) is 2.95. The normalized spacial score (nSPS) is 21.8. The number of nitrogens with one attached hydrogen (secondary N) is 1. The number of hydrogen-bond acceptors (Lipinski definition) is 3. The standard InChI is InChI=1S/C25H29N3O2/c1-16-6-8-18(9-7-16)15-28-23(29)21(26-24(28)30)13-19-10-11-22-20(12-19)17(2)14-25(3,4)27(22)5/h6-13,17H,14-15H2,1-5H3,(H,26,30)/b21-13-. The Balaban J connectivity index is 1.58. The molecule has 3 amide bonds. The maximum Gasteiger partial charge on any atom is 0.329 e. The van der Waals surface area contributed by atoms with Crippen LogP contribution in [0, 0.1) is 6.92 Å². The Bertz CT molecular complexity index is 1040. The van der Waals surface area contributed by atoms with E-state index in [1.54, 1.807) is 6.08 Å². The van der Waals surface area contributed by atoms with Crippen molar-refractivity contribution in [2.45, 2.75) is 52.1 Å². The molecule has 4 rings (SSSR count). The number of benzene rings is 2. The highest BCUT2D eigenvalue weighted by Crippen LogP contribution is 2.42. The largest absolute Gasteiger partial charge is 0.369 e. The van der Waals surface area contributed by atoms with E-state index in [4.69, 9.17) is 0 Å². The number of rotatable bonds is 3. The van der Waals surface area contributed by atoms with Crippen LogP contribution in [0.3, 0.4) is 0 Å². The zero-order valence-electron chi connectivity index (χ0n) is 18.3. The Morgan fingerprint density at radius 2 is 1.83 bits per heavy atom. The fourth-order valence-electron chi connectivity index (χ4n) is 4.44. The Labute approximate surface area is 178 Å². The van der Waals surface area contributed by atoms with Crippen molar-refractivity contribution in [3.63, 3.8) is 0 Å². The number of aryl methyl sites for hydroxylation is 1. The topological polar surface area (TPSA) is 52.7 Å². The van der Waals surface area contributed by atoms with Crippen LogP contribution in [0.4, 0.5) is 10.5 Å². The second-order valence-electron chi connectivity index (χ2n) is 9.16. The molecule has 0 bridgehead atoms. The molecule has 5 nitrogen and oxygen atoms in total. The highest BCUT2D eigenvalue weighted by Gasteiger charge is 2.35. The van der Waals surface area contributed by atoms with Gasteiger partial charge in [-0.05, 0) is 68.0 Å². The molecule has 2 aromatic carbocycles. The summed E-state index contributed by atoms with van der Waals surface area (Å²) in [6, 6.07) is 13.7. The summed E-state index contributed by atoms with van der Waals surface area (Å²) in [6.07, 6.45) is 2.85. The molecule has 156 valence electrons. The lowest BCUT2D eigenvalue weighted by Crippen LogP contribution is -2.45. The summed E-state index contributed by atoms with van der Waals surface area (Å²) in [4.78, 5) is 28.8. The van der Waals surface area contributed by atoms with Gasteiger partial charge in [0.25, 0.3) is 5.91 Å². The number of carbonyl (C=O) groups excluding carboxylic acids is 2. The van der Waals surface area contributed by atoms with Gasteiger partial charge in [-0.3, -0.25) is 9.69 Å². The van der Waals surface area contributed by atoms with Crippen molar-refractivity contribution in [3.8, 4) is 0 Å². The van der Waals surface area contributed by atoms with Crippen molar-refractivity contribution in [1.82, 2.24) is 10.2 Å². The first kappa shape index (κ1) is 20.2. The number of carbonyl (C=O) groups is 2. The van der Waals surface area contributed by atoms with Gasteiger partial charge >= 0.3 is 6.03 Å². The minimum atomic E-state index is -0.375. The van der Waals surface area contributed by atoms with Crippen LogP contribution >= 0.6 is 0 Å². The molecule has 2 aliphatic rings. The van der Waals surface area contributed by atoms with Crippen LogP contribution in [0.1, 0.15) is 55.4 Å². The summed E-state index contributed by atoms with van der Waals surface area (Å²) in [5.41, 5.74) is 5.94. The second-order valence-corrected chi connectivity index (χ2v) is 9.16. The van der Waals surface area contributed by atoms with Crippen molar-refractivity contribution in [2.75, 3.05) is 11.9 Å². The van der Waals surface area contributed by atoms with Crippen molar-refractivity contribution < 1.29 is 9.59 Å². The molecule has 0 aliphatic carbocycles. The highest BCUT2D eigenvalue weighted by atomic mass is 16.2. The van der Waals surface area contributed by atoms with Crippen molar-refractivity contribution in [2.24, 2.45) is 0 Å². The van der Waals surface area contributed by atoms with E-state index in [1.165, 1.54) is 16.2 Å². The summed E-state index contributed by atoms with van der Waals surface area (Å²) in [5, 5.41) is 2.74. The Morgan fingerprint density at radius 3 is 2.53 bits per heavy atom. The van der Waals surface area contributed by atoms with Gasteiger partial charge in [-0.2, -0.15) is 0 Å². The molecule has 1 atom stereocenters. The SMILES string of the molecule is Cc1ccc(CN2C(=O)N/C(=C\c3ccc4c(c3)C(C)CC(C)(C)N4C)C2=O)cc1. The molecule has 0 radical (unpaired) electrons. The number of nitrogens with zero attached hydrogens (tertiary/aromatic N) is 2. The second kappa shape index (κ2) is 7.31. The molecule has 5 heteroatoms. The molecule has 1 saturated heterocycles. The smallest absolute Gasteiger partial charge is 0.329 e. The van der Waals surface area contributed by atoms with E-state index in [1.807, 2.05) is 37.3 Å². The number of fused-ring (bicyclic) bond motifs is 1. The number of urea groups is 1. The van der Waals surface area contributed by atoms with Gasteiger partial charge in [0.05, 0.1) is 6.54 Å². The molecule has 2 aromatic rings. The molecule has 30 heavy (non-hydrogen) atoms. The fourth-order valence-corrected chi connectivity index (χ4v) is 4.44. The lowest BCUT2D eigenvalue weighted by molar-refractivity contribution is -0.123. The Morgan fingerprint density at radius 1 is 1.13 bits per heavy atom. The van der Waals surface area contributed by atoms with Crippen LogP contribution in [0.2, 0.25) is 0 Å². The summed E-state index contributed by atoms with van der Waals surface area (Å²) >= 11 is 0. The maximum absolute atomic E-state index is 12.8. The summed E-state index contributed by atoms with van der Waals surface area (Å²) in [7, 11) is 2.13. The lowest BCUT2D eigenvalue weighted by atomic mass is 9.80. The Kier molecular flexibility index (Phi) is 4.92. The van der Waals surface area contributed by atoms with E-state index < -0.39 is 0 Å². The van der Waals surface area contributed by atoms with Gasteiger partial charge in [-0.25, -0.2) is 4.79 Å². The van der Waals surface area contributed by atoms with Crippen LogP contribution in [-0.2, 0) is 11.3 Å². The van der Waals surface area contributed by atoms with Crippen molar-refractivity contribution >= 4 is 23.7 Å². The molecule has 0 aromatic heterocycles. The quantitative estimate of drug-likeness (QED) is 0.591. The van der Waals surface area contributed by atoms with Crippen LogP contribution in [0.25, 0.3) is 6.08 Å². The van der Waals surface area contributed by atoms with E-state index in [9.17, 15) is 9.59 Å². The van der Waals surface area contributed by atoms with E-state index in [-0.39, 0.29) is 24.0 Å². The first-order valence-electron chi connectivity index (χ1n) is 10.4. The molecule has 0 spiro atoms. The van der Waals surface area contributed by atoms with Crippen molar-refractivity contribution in [3.05, 3.63) is 70.4 Å². The first-order valence-corrected chi connectivity index (χ1v) is 10.4. The van der Waals surface area contributed by atoms with Gasteiger partial charge in [0.2, 0.25) is 0 Å². The average molecular weight is 404 g/mol. The zero-order chi connectivity index (χ0) is 21.6. The van der Waals surface area contributed by atoms with E-state index in [0.717, 1.165) is 23.1 Å². The van der Waals surface area contributed by atoms with Gasteiger partial charge < -0.3 is 10.2 Å². The number of imide groups is 1. The van der Waals surface area contributed by atoms with Gasteiger partial charge in [-0.15, -0.1) is 0 Å². The number of hydrogen-bond donors (Lipinski definition) is 1. The van der Waals surface area contributed by atoms with E-state index in [0.29, 0.717) is 11.6 Å². The van der Waals surface area contributed by atoms with E-state index >= 15 is 0 Å². The van der Waals surface area contributed by atoms with Gasteiger partial charge in [0.15, 0.2) is 0 Å². The molecule has 0 saturated carbocycles. The third kappa shape index (κ3) is 3.60. The lowest BCUT2D eigenvalue weighted by Gasteiger charge is -2.45. The minimum Gasteiger partial charge on any atom is -0.369 e. The molecule has 1 fully saturated rings. The molecule has 1 unspecified atom stereocenters. The first-order chi connectivity index (χ1) is 14.2. The summed E-state index contributed by atoms with van der Waals surface area (Å²) < 4.78 is 0. The molecule has 2 aliphatic heterocycles. The number of anilines is 1. The van der Waals surface area contributed by atoms with Crippen LogP contribution < -0.4 is 10.2 Å². The molecule has 2 heterocycles. The third-order valence-corrected chi connectivity index (χ3v) is 6.39. The van der Waals surface area contributed by atoms with Gasteiger partial charge in [0.1, 0.15) is 5.70 Å². The summed E-state index contributed by atoms with van der Waals surface area (Å²) in [5.74, 6) is 0.140. The Hall–Kier alpha value is -3.08. The van der Waals surface area contributed by atoms with Crippen molar-refractivity contribution in [1.29, 1.82) is 0 Å². The fraction of sp³-hybridized carbons (Fsp3) is 0.360. The van der Waals surface area contributed by atoms with Crippen LogP contribution in [0.5, 0.6) is 0 Å². The van der Waals surface area contributed by atoms with Gasteiger partial charge in [-0.1, -0.05) is 42.8 Å². The predicted octanol–water partition coefficient (Wildman–Crippen LogP) is 4.81.